The maximum Gasteiger partial charge on any atom is 0.490 e. The molecule has 0 radical (unpaired) electrons. The van der Waals surface area contributed by atoms with E-state index in [4.69, 9.17) is 47.8 Å². The second kappa shape index (κ2) is 12.6. The van der Waals surface area contributed by atoms with E-state index in [-0.39, 0.29) is 50.8 Å². The smallest absolute Gasteiger partial charge is 0.490 e. The number of nitrogens with one attached hydrogen (secondary N) is 2. The van der Waals surface area contributed by atoms with Crippen LogP contribution in [0.3, 0.4) is 0 Å². The molecular weight excluding hydrogens is 601 g/mol. The van der Waals surface area contributed by atoms with Crippen LogP contribution in [-0.2, 0) is 11.3 Å². The molecule has 2 aromatic heterocycles. The van der Waals surface area contributed by atoms with E-state index in [1.165, 1.54) is 49.7 Å². The minimum Gasteiger partial charge on any atom is -0.594 e. The first kappa shape index (κ1) is 30.7. The number of hydrogen-bond acceptors (Lipinski definition) is 7. The Balaban J connectivity index is 0.000000587. The van der Waals surface area contributed by atoms with Crippen molar-refractivity contribution in [3.05, 3.63) is 80.5 Å². The zero-order valence-electron chi connectivity index (χ0n) is 20.3. The van der Waals surface area contributed by atoms with E-state index in [0.717, 1.165) is 0 Å². The number of halogens is 6. The quantitative estimate of drug-likeness (QED) is 0.157. The van der Waals surface area contributed by atoms with Gasteiger partial charge in [-0.3, -0.25) is 4.79 Å². The predicted octanol–water partition coefficient (Wildman–Crippen LogP) is 4.88. The Bertz CT molecular complexity index is 1670. The summed E-state index contributed by atoms with van der Waals surface area (Å²) in [5.74, 6) is -4.23. The number of carboxylic acid groups (broad SMARTS) is 1. The zero-order chi connectivity index (χ0) is 30.5. The number of hydrogen-bond donors (Lipinski definition) is 3. The maximum absolute atomic E-state index is 15.1. The van der Waals surface area contributed by atoms with Crippen molar-refractivity contribution >= 4 is 46.0 Å². The number of alkyl halides is 3. The molecule has 0 saturated heterocycles. The summed E-state index contributed by atoms with van der Waals surface area (Å²) in [4.78, 5) is 24.7. The van der Waals surface area contributed by atoms with Crippen LogP contribution >= 0.6 is 23.2 Å². The Labute approximate surface area is 237 Å². The molecule has 0 unspecified atom stereocenters. The molecule has 0 saturated carbocycles. The van der Waals surface area contributed by atoms with Crippen molar-refractivity contribution in [2.24, 2.45) is 0 Å². The molecule has 0 fully saturated rings. The van der Waals surface area contributed by atoms with Crippen molar-refractivity contribution in [3.8, 4) is 23.4 Å². The van der Waals surface area contributed by atoms with Crippen molar-refractivity contribution < 1.29 is 46.6 Å². The van der Waals surface area contributed by atoms with Gasteiger partial charge in [-0.1, -0.05) is 34.1 Å². The number of benzene rings is 2. The normalized spacial score (nSPS) is 10.8. The van der Waals surface area contributed by atoms with Crippen molar-refractivity contribution in [1.29, 1.82) is 5.26 Å². The lowest BCUT2D eigenvalue weighted by Crippen LogP contribution is -2.30. The van der Waals surface area contributed by atoms with Crippen molar-refractivity contribution in [3.63, 3.8) is 0 Å². The van der Waals surface area contributed by atoms with Gasteiger partial charge in [-0.2, -0.15) is 18.4 Å². The molecule has 0 aliphatic heterocycles. The Morgan fingerprint density at radius 1 is 1.24 bits per heavy atom. The van der Waals surface area contributed by atoms with Gasteiger partial charge in [0.15, 0.2) is 11.6 Å². The van der Waals surface area contributed by atoms with Crippen molar-refractivity contribution in [2.75, 3.05) is 7.11 Å². The summed E-state index contributed by atoms with van der Waals surface area (Å²) in [6.45, 7) is -0.191. The summed E-state index contributed by atoms with van der Waals surface area (Å²) in [7, 11) is 1.34. The molecule has 0 spiro atoms. The number of carboxylic acids is 1. The molecule has 17 heteroatoms. The van der Waals surface area contributed by atoms with Crippen LogP contribution < -0.4 is 19.6 Å². The number of rotatable bonds is 6. The van der Waals surface area contributed by atoms with E-state index in [1.807, 2.05) is 6.07 Å². The number of carbonyl (C=O) groups excluding carboxylic acids is 1. The van der Waals surface area contributed by atoms with E-state index in [1.54, 1.807) is 0 Å². The lowest BCUT2D eigenvalue weighted by atomic mass is 10.2. The predicted molar refractivity (Wildman–Crippen MR) is 134 cm³/mol. The number of methoxy groups -OCH3 is 1. The Kier molecular flexibility index (Phi) is 9.43. The van der Waals surface area contributed by atoms with Crippen LogP contribution in [0, 0.1) is 22.4 Å². The highest BCUT2D eigenvalue weighted by Crippen LogP contribution is 2.35. The van der Waals surface area contributed by atoms with Gasteiger partial charge in [0.2, 0.25) is 6.20 Å². The number of ether oxygens (including phenoxy) is 2. The topological polar surface area (TPSA) is 164 Å². The van der Waals surface area contributed by atoms with Gasteiger partial charge in [0.25, 0.3) is 5.91 Å². The first-order valence-electron chi connectivity index (χ1n) is 10.8. The molecule has 4 aromatic rings. The Morgan fingerprint density at radius 3 is 2.54 bits per heavy atom. The Hall–Kier alpha value is -4.81. The summed E-state index contributed by atoms with van der Waals surface area (Å²) in [5.41, 5.74) is 0.819. The summed E-state index contributed by atoms with van der Waals surface area (Å²) in [6.07, 6.45) is -3.90. The third-order valence-electron chi connectivity index (χ3n) is 4.97. The van der Waals surface area contributed by atoms with E-state index < -0.39 is 23.9 Å². The molecule has 41 heavy (non-hydrogen) atoms. The fourth-order valence-corrected chi connectivity index (χ4v) is 3.59. The monoisotopic (exact) mass is 615 g/mol. The molecular formula is C24H15Cl2F4N5O6. The molecule has 0 aliphatic rings. The molecule has 214 valence electrons. The summed E-state index contributed by atoms with van der Waals surface area (Å²) in [6, 6.07) is 10.4. The van der Waals surface area contributed by atoms with E-state index >= 15 is 4.39 Å². The number of H-pyrrole nitrogens is 1. The average molecular weight is 616 g/mol. The molecule has 0 aliphatic carbocycles. The molecule has 2 aromatic carbocycles. The molecule has 4 rings (SSSR count). The van der Waals surface area contributed by atoms with Gasteiger partial charge in [0.1, 0.15) is 17.0 Å². The SMILES string of the molecule is COc1n[n+]([O-])cc2cc(C(=O)NCc3ccc(Cl)c(Oc4cc(Cl)cc(C#N)c4)c3F)[nH]c12.O=C(O)C(F)(F)F. The maximum atomic E-state index is 15.1. The number of aromatic nitrogens is 3. The zero-order valence-corrected chi connectivity index (χ0v) is 21.9. The minimum absolute atomic E-state index is 0.00723. The number of aliphatic carboxylic acids is 1. The standard InChI is InChI=1S/C22H14Cl2FN5O4.C2HF3O2/c1-33-22-19-13(10-30(32)29-22)6-17(28-19)21(31)27-9-12-2-3-16(24)20(18(12)25)34-15-5-11(8-26)4-14(23)7-15;3-2(4,5)1(6)7/h2-7,10,28H,9H2,1H3,(H,27,31);(H,6,7). The number of amides is 1. The van der Waals surface area contributed by atoms with Gasteiger partial charge in [-0.25, -0.2) is 9.18 Å². The third kappa shape index (κ3) is 7.65. The number of aromatic amines is 1. The van der Waals surface area contributed by atoms with Gasteiger partial charge in [0, 0.05) is 17.1 Å². The third-order valence-corrected chi connectivity index (χ3v) is 5.49. The first-order chi connectivity index (χ1) is 19.2. The van der Waals surface area contributed by atoms with Crippen molar-refractivity contribution in [2.45, 2.75) is 12.7 Å². The molecule has 0 bridgehead atoms. The fourth-order valence-electron chi connectivity index (χ4n) is 3.18. The van der Waals surface area contributed by atoms with Gasteiger partial charge in [-0.15, -0.1) is 0 Å². The molecule has 11 nitrogen and oxygen atoms in total. The number of fused-ring (bicyclic) bond motifs is 1. The average Bonchev–Trinajstić information content (AvgIpc) is 3.33. The fraction of sp³-hybridized carbons (Fsp3) is 0.125. The highest BCUT2D eigenvalue weighted by molar-refractivity contribution is 6.32. The lowest BCUT2D eigenvalue weighted by Gasteiger charge is -2.13. The summed E-state index contributed by atoms with van der Waals surface area (Å²) < 4.78 is 57.5. The van der Waals surface area contributed by atoms with Gasteiger partial charge in [0.05, 0.1) is 34.3 Å². The van der Waals surface area contributed by atoms with Crippen molar-refractivity contribution in [1.82, 2.24) is 15.4 Å². The van der Waals surface area contributed by atoms with E-state index in [9.17, 15) is 23.2 Å². The second-order valence-electron chi connectivity index (χ2n) is 7.78. The summed E-state index contributed by atoms with van der Waals surface area (Å²) >= 11 is 12.1. The van der Waals surface area contributed by atoms with Crippen LogP contribution in [0.5, 0.6) is 17.4 Å². The van der Waals surface area contributed by atoms with Gasteiger partial charge >= 0.3 is 18.0 Å². The number of carbonyl (C=O) groups is 2. The molecule has 3 N–H and O–H groups in total. The van der Waals surface area contributed by atoms with Gasteiger partial charge < -0.3 is 30.1 Å². The van der Waals surface area contributed by atoms with E-state index in [0.29, 0.717) is 15.7 Å². The molecule has 2 heterocycles. The second-order valence-corrected chi connectivity index (χ2v) is 8.62. The van der Waals surface area contributed by atoms with Crippen LogP contribution in [0.4, 0.5) is 17.6 Å². The largest absolute Gasteiger partial charge is 0.594 e. The first-order valence-corrected chi connectivity index (χ1v) is 11.6. The Morgan fingerprint density at radius 2 is 1.93 bits per heavy atom. The molecule has 0 atom stereocenters. The number of nitrogens with zero attached hydrogens (tertiary/aromatic N) is 3. The van der Waals surface area contributed by atoms with E-state index in [2.05, 4.69) is 15.4 Å². The van der Waals surface area contributed by atoms with Crippen LogP contribution in [0.25, 0.3) is 10.9 Å². The summed E-state index contributed by atoms with van der Waals surface area (Å²) in [5, 5.41) is 34.6. The highest BCUT2D eigenvalue weighted by Gasteiger charge is 2.38. The highest BCUT2D eigenvalue weighted by atomic mass is 35.5. The van der Waals surface area contributed by atoms with Crippen LogP contribution in [-0.4, -0.2) is 40.4 Å². The van der Waals surface area contributed by atoms with Crippen LogP contribution in [0.2, 0.25) is 10.0 Å². The van der Waals surface area contributed by atoms with Crippen LogP contribution in [0.15, 0.2) is 42.6 Å². The minimum atomic E-state index is -5.08. The lowest BCUT2D eigenvalue weighted by molar-refractivity contribution is -0.668. The van der Waals surface area contributed by atoms with Gasteiger partial charge in [-0.05, 0) is 30.3 Å². The molecule has 1 amide bonds. The van der Waals surface area contributed by atoms with Crippen LogP contribution in [0.1, 0.15) is 21.6 Å². The number of nitriles is 1.